The number of carbonyl (C=O) groups is 2. The molecule has 0 aliphatic heterocycles. The Morgan fingerprint density at radius 3 is 2.39 bits per heavy atom. The number of anilines is 1. The highest BCUT2D eigenvalue weighted by molar-refractivity contribution is 7.21. The van der Waals surface area contributed by atoms with Crippen LogP contribution in [0, 0.1) is 20.8 Å². The third kappa shape index (κ3) is 5.78. The number of nitrogens with one attached hydrogen (secondary N) is 1. The van der Waals surface area contributed by atoms with Gasteiger partial charge in [0.25, 0.3) is 11.8 Å². The Kier molecular flexibility index (Phi) is 7.26. The molecule has 3 heterocycles. The molecule has 0 atom stereocenters. The highest BCUT2D eigenvalue weighted by Crippen LogP contribution is 2.43. The molecule has 0 bridgehead atoms. The van der Waals surface area contributed by atoms with Gasteiger partial charge >= 0.3 is 6.18 Å². The lowest BCUT2D eigenvalue weighted by Gasteiger charge is -2.12. The van der Waals surface area contributed by atoms with Crippen LogP contribution in [0.25, 0.3) is 21.3 Å². The Morgan fingerprint density at radius 1 is 1.02 bits per heavy atom. The molecule has 5 rings (SSSR count). The second-order valence-corrected chi connectivity index (χ2v) is 10.5. The van der Waals surface area contributed by atoms with Crippen LogP contribution >= 0.6 is 11.3 Å². The van der Waals surface area contributed by atoms with Gasteiger partial charge in [-0.05, 0) is 55.7 Å². The number of nitrogens with zero attached hydrogens (tertiary/aromatic N) is 3. The fourth-order valence-corrected chi connectivity index (χ4v) is 5.33. The van der Waals surface area contributed by atoms with Crippen LogP contribution in [0.15, 0.2) is 60.8 Å². The van der Waals surface area contributed by atoms with Crippen LogP contribution in [0.4, 0.5) is 18.9 Å². The summed E-state index contributed by atoms with van der Waals surface area (Å²) in [6.45, 7) is 5.78. The molecule has 3 aromatic heterocycles. The highest BCUT2D eigenvalue weighted by atomic mass is 32.1. The number of fused-ring (bicyclic) bond motifs is 1. The maximum Gasteiger partial charge on any atom is 0.433 e. The lowest BCUT2D eigenvalue weighted by molar-refractivity contribution is -0.140. The molecule has 0 radical (unpaired) electrons. The van der Waals surface area contributed by atoms with Crippen molar-refractivity contribution in [3.05, 3.63) is 93.7 Å². The van der Waals surface area contributed by atoms with Gasteiger partial charge in [0.15, 0.2) is 12.4 Å². The number of aryl methyl sites for hydroxylation is 3. The Bertz CT molecular complexity index is 1790. The van der Waals surface area contributed by atoms with Crippen molar-refractivity contribution in [2.45, 2.75) is 33.7 Å². The number of nitrogens with two attached hydrogens (primary N) is 1. The summed E-state index contributed by atoms with van der Waals surface area (Å²) in [5, 5.41) is 7.07. The maximum atomic E-state index is 13.7. The van der Waals surface area contributed by atoms with Crippen LogP contribution in [0.1, 0.15) is 42.5 Å². The van der Waals surface area contributed by atoms with Gasteiger partial charge in [-0.2, -0.15) is 18.3 Å². The van der Waals surface area contributed by atoms with Crippen molar-refractivity contribution in [1.29, 1.82) is 0 Å². The predicted octanol–water partition coefficient (Wildman–Crippen LogP) is 6.49. The minimum absolute atomic E-state index is 0.000699. The van der Waals surface area contributed by atoms with Crippen molar-refractivity contribution < 1.29 is 27.5 Å². The molecule has 0 unspecified atom stereocenters. The number of primary amides is 1. The molecule has 0 saturated carbocycles. The standard InChI is InChI=1S/C29H24F3N5O3S/c1-15-4-7-18(8-5-15)19-13-22(29(30,31)32)34-28-23(19)24(25(41-28)26(33)38)35-27(39)20-10-11-37(36-20)14-40-21-9-6-16(2)12-17(21)3/h4-13H,14H2,1-3H3,(H2,33,38)(H,35,39). The average Bonchev–Trinajstić information content (AvgIpc) is 3.53. The largest absolute Gasteiger partial charge is 0.471 e. The van der Waals surface area contributed by atoms with E-state index < -0.39 is 23.7 Å². The Hall–Kier alpha value is -4.71. The van der Waals surface area contributed by atoms with Crippen LogP contribution in [0.2, 0.25) is 0 Å². The number of halogens is 3. The number of benzene rings is 2. The molecule has 8 nitrogen and oxygen atoms in total. The molecule has 2 amide bonds. The fraction of sp³-hybridized carbons (Fsp3) is 0.172. The number of rotatable bonds is 7. The minimum atomic E-state index is -4.74. The predicted molar refractivity (Wildman–Crippen MR) is 150 cm³/mol. The Labute approximate surface area is 236 Å². The first-order valence-corrected chi connectivity index (χ1v) is 13.2. The molecule has 41 heavy (non-hydrogen) atoms. The summed E-state index contributed by atoms with van der Waals surface area (Å²) in [4.78, 5) is 29.1. The zero-order chi connectivity index (χ0) is 29.5. The normalized spacial score (nSPS) is 11.6. The van der Waals surface area contributed by atoms with Crippen LogP contribution in [0.3, 0.4) is 0 Å². The summed E-state index contributed by atoms with van der Waals surface area (Å²) in [5.74, 6) is -0.936. The van der Waals surface area contributed by atoms with Crippen molar-refractivity contribution >= 4 is 39.1 Å². The van der Waals surface area contributed by atoms with Gasteiger partial charge in [0, 0.05) is 11.6 Å². The summed E-state index contributed by atoms with van der Waals surface area (Å²) < 4.78 is 48.5. The molecular weight excluding hydrogens is 555 g/mol. The molecule has 210 valence electrons. The van der Waals surface area contributed by atoms with Gasteiger partial charge in [-0.3, -0.25) is 9.59 Å². The lowest BCUT2D eigenvalue weighted by Crippen LogP contribution is -2.18. The van der Waals surface area contributed by atoms with Gasteiger partial charge in [0.1, 0.15) is 21.2 Å². The first-order valence-electron chi connectivity index (χ1n) is 12.4. The Morgan fingerprint density at radius 2 is 1.73 bits per heavy atom. The zero-order valence-electron chi connectivity index (χ0n) is 22.2. The summed E-state index contributed by atoms with van der Waals surface area (Å²) in [6, 6.07) is 14.9. The van der Waals surface area contributed by atoms with E-state index in [1.54, 1.807) is 30.5 Å². The summed E-state index contributed by atoms with van der Waals surface area (Å²) in [7, 11) is 0. The quantitative estimate of drug-likeness (QED) is 0.229. The van der Waals surface area contributed by atoms with E-state index in [0.717, 1.165) is 22.8 Å². The van der Waals surface area contributed by atoms with Gasteiger partial charge in [0.2, 0.25) is 0 Å². The van der Waals surface area contributed by atoms with Gasteiger partial charge in [-0.25, -0.2) is 9.67 Å². The first kappa shape index (κ1) is 27.8. The fourth-order valence-electron chi connectivity index (χ4n) is 4.33. The molecule has 0 aliphatic carbocycles. The topological polar surface area (TPSA) is 112 Å². The second kappa shape index (κ2) is 10.7. The van der Waals surface area contributed by atoms with Crippen molar-refractivity contribution in [3.63, 3.8) is 0 Å². The smallest absolute Gasteiger partial charge is 0.433 e. The molecular formula is C29H24F3N5O3S. The number of carbonyl (C=O) groups excluding carboxylic acids is 2. The summed E-state index contributed by atoms with van der Waals surface area (Å²) >= 11 is 0.679. The lowest BCUT2D eigenvalue weighted by atomic mass is 10.00. The van der Waals surface area contributed by atoms with E-state index in [2.05, 4.69) is 15.4 Å². The van der Waals surface area contributed by atoms with Gasteiger partial charge in [0.05, 0.1) is 5.69 Å². The van der Waals surface area contributed by atoms with E-state index >= 15 is 0 Å². The number of hydrogen-bond acceptors (Lipinski definition) is 6. The van der Waals surface area contributed by atoms with Gasteiger partial charge < -0.3 is 15.8 Å². The number of amides is 2. The molecule has 0 fully saturated rings. The molecule has 5 aromatic rings. The van der Waals surface area contributed by atoms with E-state index in [9.17, 15) is 22.8 Å². The van der Waals surface area contributed by atoms with Gasteiger partial charge in [-0.15, -0.1) is 11.3 Å². The molecule has 12 heteroatoms. The number of aromatic nitrogens is 3. The van der Waals surface area contributed by atoms with E-state index in [-0.39, 0.29) is 38.8 Å². The molecule has 0 saturated heterocycles. The molecule has 0 spiro atoms. The molecule has 0 aliphatic rings. The molecule has 3 N–H and O–H groups in total. The van der Waals surface area contributed by atoms with Crippen molar-refractivity contribution in [3.8, 4) is 16.9 Å². The monoisotopic (exact) mass is 579 g/mol. The van der Waals surface area contributed by atoms with Crippen molar-refractivity contribution in [2.24, 2.45) is 5.73 Å². The van der Waals surface area contributed by atoms with Crippen LogP contribution in [-0.4, -0.2) is 26.6 Å². The summed E-state index contributed by atoms with van der Waals surface area (Å²) in [6.07, 6.45) is -3.19. The van der Waals surface area contributed by atoms with Crippen LogP contribution in [-0.2, 0) is 12.9 Å². The van der Waals surface area contributed by atoms with Gasteiger partial charge in [-0.1, -0.05) is 47.5 Å². The van der Waals surface area contributed by atoms with E-state index in [4.69, 9.17) is 10.5 Å². The van der Waals surface area contributed by atoms with E-state index in [1.807, 2.05) is 39.0 Å². The number of thiophene rings is 1. The van der Waals surface area contributed by atoms with Crippen LogP contribution < -0.4 is 15.8 Å². The van der Waals surface area contributed by atoms with E-state index in [0.29, 0.717) is 22.6 Å². The maximum absolute atomic E-state index is 13.7. The van der Waals surface area contributed by atoms with E-state index in [1.165, 1.54) is 10.7 Å². The van der Waals surface area contributed by atoms with Crippen molar-refractivity contribution in [1.82, 2.24) is 14.8 Å². The minimum Gasteiger partial charge on any atom is -0.471 e. The number of ether oxygens (including phenoxy) is 1. The van der Waals surface area contributed by atoms with Crippen molar-refractivity contribution in [2.75, 3.05) is 5.32 Å². The third-order valence-electron chi connectivity index (χ3n) is 6.33. The number of pyridine rings is 1. The van der Waals surface area contributed by atoms with Crippen LogP contribution in [0.5, 0.6) is 5.75 Å². The first-order chi connectivity index (χ1) is 19.4. The average molecular weight is 580 g/mol. The summed E-state index contributed by atoms with van der Waals surface area (Å²) in [5.41, 5.74) is 7.98. The zero-order valence-corrected chi connectivity index (χ0v) is 23.0. The Balaban J connectivity index is 1.51. The highest BCUT2D eigenvalue weighted by Gasteiger charge is 2.35. The number of alkyl halides is 3. The third-order valence-corrected chi connectivity index (χ3v) is 7.43. The SMILES string of the molecule is Cc1ccc(-c2cc(C(F)(F)F)nc3sc(C(N)=O)c(NC(=O)c4ccn(COc5ccc(C)cc5C)n4)c23)cc1. The molecule has 2 aromatic carbocycles. The number of hydrogen-bond donors (Lipinski definition) is 2. The second-order valence-electron chi connectivity index (χ2n) is 9.51.